The van der Waals surface area contributed by atoms with Crippen molar-refractivity contribution in [2.75, 3.05) is 0 Å². The van der Waals surface area contributed by atoms with Crippen molar-refractivity contribution in [1.29, 1.82) is 0 Å². The molecule has 0 aromatic heterocycles. The number of hydrogen-bond donors (Lipinski definition) is 0. The van der Waals surface area contributed by atoms with Crippen LogP contribution in [0.1, 0.15) is 373 Å². The highest BCUT2D eigenvalue weighted by Crippen LogP contribution is 2.49. The van der Waals surface area contributed by atoms with E-state index in [1.807, 2.05) is 134 Å². The molecule has 0 fully saturated rings. The van der Waals surface area contributed by atoms with Gasteiger partial charge in [0.05, 0.1) is 0 Å². The van der Waals surface area contributed by atoms with Gasteiger partial charge in [-0.05, 0) is 124 Å². The van der Waals surface area contributed by atoms with Gasteiger partial charge >= 0.3 is 0 Å². The summed E-state index contributed by atoms with van der Waals surface area (Å²) < 4.78 is 6.37. The molecule has 0 radical (unpaired) electrons. The summed E-state index contributed by atoms with van der Waals surface area (Å²) in [6.45, 7) is 68.1. The molecule has 12 rings (SSSR count). The van der Waals surface area contributed by atoms with Crippen LogP contribution in [0.5, 0.6) is 11.5 Å². The lowest BCUT2D eigenvalue weighted by Gasteiger charge is -2.34. The summed E-state index contributed by atoms with van der Waals surface area (Å²) in [7, 11) is 0. The monoisotopic (exact) mass is 1370 g/mol. The Morgan fingerprint density at radius 2 is 0.490 bits per heavy atom. The molecule has 0 amide bonds. The number of ether oxygens (including phenoxy) is 1. The molecule has 8 aromatic rings. The van der Waals surface area contributed by atoms with E-state index >= 15 is 0 Å². The van der Waals surface area contributed by atoms with Crippen molar-refractivity contribution in [2.45, 2.75) is 271 Å². The van der Waals surface area contributed by atoms with E-state index in [0.717, 1.165) is 51.3 Å². The van der Waals surface area contributed by atoms with Gasteiger partial charge in [-0.3, -0.25) is 28.8 Å². The van der Waals surface area contributed by atoms with Crippen molar-refractivity contribution < 1.29 is 33.5 Å². The normalized spacial score (nSPS) is 13.5. The molecular weight excluding hydrogens is 1250 g/mol. The second-order valence-electron chi connectivity index (χ2n) is 34.2. The molecule has 0 unspecified atom stereocenters. The summed E-state index contributed by atoms with van der Waals surface area (Å²) in [5.74, 6) is 1.83. The Balaban J connectivity index is 0.000000237. The predicted molar refractivity (Wildman–Crippen MR) is 430 cm³/mol. The highest BCUT2D eigenvalue weighted by atomic mass is 16.5. The van der Waals surface area contributed by atoms with E-state index in [1.54, 1.807) is 36.4 Å². The van der Waals surface area contributed by atoms with Crippen LogP contribution in [0, 0.1) is 0 Å². The molecule has 0 N–H and O–H groups in total. The van der Waals surface area contributed by atoms with Crippen LogP contribution in [0.3, 0.4) is 0 Å². The number of para-hydroxylation sites is 1. The van der Waals surface area contributed by atoms with Gasteiger partial charge < -0.3 is 4.74 Å². The molecule has 544 valence electrons. The van der Waals surface area contributed by atoms with Gasteiger partial charge in [-0.2, -0.15) is 0 Å². The molecule has 0 saturated heterocycles. The van der Waals surface area contributed by atoms with Gasteiger partial charge in [0.15, 0.2) is 34.7 Å². The fourth-order valence-electron chi connectivity index (χ4n) is 13.9. The van der Waals surface area contributed by atoms with Crippen LogP contribution in [-0.2, 0) is 49.7 Å². The Morgan fingerprint density at radius 3 is 0.784 bits per heavy atom. The lowest BCUT2D eigenvalue weighted by molar-refractivity contribution is 0.0977. The highest BCUT2D eigenvalue weighted by Gasteiger charge is 2.41. The van der Waals surface area contributed by atoms with Crippen molar-refractivity contribution >= 4 is 34.7 Å². The maximum atomic E-state index is 13.2. The van der Waals surface area contributed by atoms with Crippen molar-refractivity contribution in [3.05, 3.63) is 268 Å². The average molecular weight is 1380 g/mol. The first-order valence-electron chi connectivity index (χ1n) is 37.3. The second kappa shape index (κ2) is 32.1. The molecule has 0 saturated carbocycles. The Bertz CT molecular complexity index is 4140. The standard InChI is InChI=1S/3C22H24O2.C21H26O.4C2H6/c1-21(2,3)17-11-15-16(12-18(17)22(4,5)6)20(24)14-10-8-7-9-13(14)19(15)23;2*1-21(2,3)16-12-11-15-17(18(16)22(4,5)6)20(24)14-10-8-7-9-13(14)19(15)23;1-20(2,3)16-12-11-15-13-14-9-7-8-10-17(14)22-19(15)18(16)21(4,5)6;4*1-2/h3*7-12H,1-6H3;7-12H,13H2,1-6H3;4*1-2H3. The highest BCUT2D eigenvalue weighted by molar-refractivity contribution is 6.31. The van der Waals surface area contributed by atoms with E-state index in [-0.39, 0.29) is 78.0 Å². The van der Waals surface area contributed by atoms with Crippen molar-refractivity contribution in [3.63, 3.8) is 0 Å². The molecule has 0 atom stereocenters. The summed E-state index contributed by atoms with van der Waals surface area (Å²) in [4.78, 5) is 78.3. The van der Waals surface area contributed by atoms with Gasteiger partial charge in [-0.25, -0.2) is 0 Å². The molecule has 102 heavy (non-hydrogen) atoms. The van der Waals surface area contributed by atoms with Gasteiger partial charge in [0.2, 0.25) is 0 Å². The third kappa shape index (κ3) is 17.6. The first-order chi connectivity index (χ1) is 47.3. The fourth-order valence-corrected chi connectivity index (χ4v) is 13.9. The van der Waals surface area contributed by atoms with Crippen molar-refractivity contribution in [3.8, 4) is 11.5 Å². The first-order valence-corrected chi connectivity index (χ1v) is 37.3. The number of carbonyl (C=O) groups excluding carboxylic acids is 6. The van der Waals surface area contributed by atoms with Gasteiger partial charge in [0.1, 0.15) is 11.5 Å². The molecular formula is C95H122O7. The predicted octanol–water partition coefficient (Wildman–Crippen LogP) is 25.3. The quantitative estimate of drug-likeness (QED) is 0.149. The third-order valence-electron chi connectivity index (χ3n) is 18.3. The van der Waals surface area contributed by atoms with E-state index < -0.39 is 0 Å². The summed E-state index contributed by atoms with van der Waals surface area (Å²) in [5, 5.41) is 0. The van der Waals surface area contributed by atoms with Gasteiger partial charge in [-0.1, -0.05) is 337 Å². The van der Waals surface area contributed by atoms with Gasteiger partial charge in [0, 0.05) is 78.7 Å². The Morgan fingerprint density at radius 1 is 0.235 bits per heavy atom. The van der Waals surface area contributed by atoms with Crippen LogP contribution < -0.4 is 4.74 Å². The Hall–Kier alpha value is -8.42. The molecule has 3 aliphatic carbocycles. The molecule has 8 aromatic carbocycles. The Labute approximate surface area is 615 Å². The smallest absolute Gasteiger partial charge is 0.194 e. The summed E-state index contributed by atoms with van der Waals surface area (Å²) in [6, 6.07) is 45.9. The molecule has 7 heteroatoms. The van der Waals surface area contributed by atoms with E-state index in [4.69, 9.17) is 4.74 Å². The minimum absolute atomic E-state index is 0.0313. The third-order valence-corrected chi connectivity index (χ3v) is 18.3. The maximum absolute atomic E-state index is 13.2. The summed E-state index contributed by atoms with van der Waals surface area (Å²) in [5.41, 5.74) is 17.6. The number of hydrogen-bond acceptors (Lipinski definition) is 7. The van der Waals surface area contributed by atoms with Crippen LogP contribution in [-0.4, -0.2) is 34.7 Å². The maximum Gasteiger partial charge on any atom is 0.194 e. The minimum Gasteiger partial charge on any atom is -0.456 e. The number of fused-ring (bicyclic) bond motifs is 8. The van der Waals surface area contributed by atoms with Crippen LogP contribution in [0.15, 0.2) is 146 Å². The van der Waals surface area contributed by atoms with Crippen LogP contribution in [0.2, 0.25) is 0 Å². The fraction of sp³-hybridized carbons (Fsp3) is 0.432. The van der Waals surface area contributed by atoms with Crippen LogP contribution in [0.4, 0.5) is 0 Å². The minimum atomic E-state index is -0.226. The molecule has 0 spiro atoms. The second-order valence-corrected chi connectivity index (χ2v) is 34.2. The Kier molecular flexibility index (Phi) is 26.5. The van der Waals surface area contributed by atoms with E-state index in [0.29, 0.717) is 66.8 Å². The molecule has 1 aliphatic heterocycles. The van der Waals surface area contributed by atoms with Gasteiger partial charge in [-0.15, -0.1) is 0 Å². The molecule has 0 bridgehead atoms. The number of benzene rings is 8. The lowest BCUT2D eigenvalue weighted by Crippen LogP contribution is -2.30. The number of carbonyl (C=O) groups is 6. The lowest BCUT2D eigenvalue weighted by atomic mass is 9.69. The molecule has 1 heterocycles. The average Bonchev–Trinajstić information content (AvgIpc) is 0.750. The number of ketones is 6. The van der Waals surface area contributed by atoms with Crippen LogP contribution in [0.25, 0.3) is 0 Å². The van der Waals surface area contributed by atoms with E-state index in [2.05, 4.69) is 197 Å². The first kappa shape index (κ1) is 84.2. The number of rotatable bonds is 0. The van der Waals surface area contributed by atoms with Crippen molar-refractivity contribution in [2.24, 2.45) is 0 Å². The zero-order valence-electron chi connectivity index (χ0n) is 68.4. The SMILES string of the molecule is CC.CC.CC.CC.CC(C)(C)c1cc2c(cc1C(C)(C)C)C(=O)c1ccccc1C2=O.CC(C)(C)c1ccc2c(c1C(C)(C)C)C(=O)c1ccccc1C2=O.CC(C)(C)c1ccc2c(c1C(C)(C)C)C(=O)c1ccccc1C2=O.CC(C)(C)c1ccc2c(c1C(C)(C)C)Oc1ccccc1C2. The van der Waals surface area contributed by atoms with Crippen molar-refractivity contribution in [1.82, 2.24) is 0 Å². The summed E-state index contributed by atoms with van der Waals surface area (Å²) >= 11 is 0. The van der Waals surface area contributed by atoms with E-state index in [1.165, 1.54) is 22.3 Å². The zero-order valence-corrected chi connectivity index (χ0v) is 68.4. The topological polar surface area (TPSA) is 112 Å². The molecule has 4 aliphatic rings. The zero-order chi connectivity index (χ0) is 77.7. The van der Waals surface area contributed by atoms with Crippen LogP contribution >= 0.6 is 0 Å². The van der Waals surface area contributed by atoms with Gasteiger partial charge in [0.25, 0.3) is 0 Å². The summed E-state index contributed by atoms with van der Waals surface area (Å²) in [6.07, 6.45) is 0.957. The molecule has 7 nitrogen and oxygen atoms in total. The van der Waals surface area contributed by atoms with E-state index in [9.17, 15) is 28.8 Å². The largest absolute Gasteiger partial charge is 0.456 e.